The van der Waals surface area contributed by atoms with Gasteiger partial charge in [-0.15, -0.1) is 0 Å². The van der Waals surface area contributed by atoms with E-state index in [0.29, 0.717) is 28.3 Å². The Balaban J connectivity index is 1.63. The third-order valence-corrected chi connectivity index (χ3v) is 4.30. The summed E-state index contributed by atoms with van der Waals surface area (Å²) in [6, 6.07) is 22.7. The molecule has 0 aromatic heterocycles. The third kappa shape index (κ3) is 3.55. The van der Waals surface area contributed by atoms with Gasteiger partial charge in [0.15, 0.2) is 11.6 Å². The Morgan fingerprint density at radius 3 is 2.36 bits per heavy atom. The summed E-state index contributed by atoms with van der Waals surface area (Å²) >= 11 is 0. The molecule has 3 aromatic rings. The van der Waals surface area contributed by atoms with Gasteiger partial charge in [-0.25, -0.2) is 4.39 Å². The molecule has 0 aliphatic carbocycles. The van der Waals surface area contributed by atoms with Crippen LogP contribution in [-0.4, -0.2) is 11.6 Å². The zero-order valence-corrected chi connectivity index (χ0v) is 15.2. The average Bonchev–Trinajstić information content (AvgIpc) is 3.00. The molecular formula is C23H17FN2O2. The van der Waals surface area contributed by atoms with Crippen molar-refractivity contribution in [1.82, 2.24) is 0 Å². The average molecular weight is 372 g/mol. The Morgan fingerprint density at radius 2 is 1.64 bits per heavy atom. The molecule has 0 radical (unpaired) electrons. The van der Waals surface area contributed by atoms with Crippen molar-refractivity contribution in [1.29, 1.82) is 0 Å². The molecule has 0 N–H and O–H groups in total. The standard InChI is InChI=1S/C23H17FN2O2/c1-16-20(23(27)26(25-16)18-8-4-2-5-9-18)14-17-12-13-21(24)22(15-17)28-19-10-6-3-7-11-19/h2-15H,1H3/b20-14+. The number of halogens is 1. The van der Waals surface area contributed by atoms with Crippen molar-refractivity contribution >= 4 is 23.4 Å². The molecule has 1 heterocycles. The third-order valence-electron chi connectivity index (χ3n) is 4.30. The lowest BCUT2D eigenvalue weighted by Crippen LogP contribution is -2.21. The number of hydrogen-bond donors (Lipinski definition) is 0. The summed E-state index contributed by atoms with van der Waals surface area (Å²) in [7, 11) is 0. The number of carbonyl (C=O) groups is 1. The SMILES string of the molecule is CC1=NN(c2ccccc2)C(=O)/C1=C/c1ccc(F)c(Oc2ccccc2)c1. The number of anilines is 1. The van der Waals surface area contributed by atoms with E-state index in [4.69, 9.17) is 4.74 Å². The minimum atomic E-state index is -0.472. The molecule has 1 aliphatic heterocycles. The van der Waals surface area contributed by atoms with Crippen LogP contribution >= 0.6 is 0 Å². The Hall–Kier alpha value is -3.73. The van der Waals surface area contributed by atoms with Gasteiger partial charge in [0.25, 0.3) is 5.91 Å². The summed E-state index contributed by atoms with van der Waals surface area (Å²) in [5.41, 5.74) is 2.41. The van der Waals surface area contributed by atoms with Gasteiger partial charge in [0.1, 0.15) is 5.75 Å². The topological polar surface area (TPSA) is 41.9 Å². The van der Waals surface area contributed by atoms with Crippen LogP contribution in [0.3, 0.4) is 0 Å². The fraction of sp³-hybridized carbons (Fsp3) is 0.0435. The van der Waals surface area contributed by atoms with Crippen LogP contribution in [0.4, 0.5) is 10.1 Å². The van der Waals surface area contributed by atoms with E-state index >= 15 is 0 Å². The first-order valence-corrected chi connectivity index (χ1v) is 8.81. The van der Waals surface area contributed by atoms with E-state index in [9.17, 15) is 9.18 Å². The van der Waals surface area contributed by atoms with Gasteiger partial charge in [0, 0.05) is 0 Å². The van der Waals surface area contributed by atoms with Gasteiger partial charge in [-0.1, -0.05) is 42.5 Å². The van der Waals surface area contributed by atoms with E-state index in [-0.39, 0.29) is 11.7 Å². The predicted molar refractivity (Wildman–Crippen MR) is 108 cm³/mol. The first kappa shape index (κ1) is 17.7. The lowest BCUT2D eigenvalue weighted by molar-refractivity contribution is -0.114. The van der Waals surface area contributed by atoms with Crippen molar-refractivity contribution in [2.45, 2.75) is 6.92 Å². The van der Waals surface area contributed by atoms with Crippen molar-refractivity contribution < 1.29 is 13.9 Å². The maximum Gasteiger partial charge on any atom is 0.280 e. The highest BCUT2D eigenvalue weighted by molar-refractivity contribution is 6.32. The predicted octanol–water partition coefficient (Wildman–Crippen LogP) is 5.42. The summed E-state index contributed by atoms with van der Waals surface area (Å²) < 4.78 is 19.8. The van der Waals surface area contributed by atoms with Crippen molar-refractivity contribution in [2.24, 2.45) is 5.10 Å². The maximum atomic E-state index is 14.2. The zero-order valence-electron chi connectivity index (χ0n) is 15.2. The molecule has 3 aromatic carbocycles. The van der Waals surface area contributed by atoms with Gasteiger partial charge in [-0.3, -0.25) is 4.79 Å². The Labute approximate surface area is 162 Å². The summed E-state index contributed by atoms with van der Waals surface area (Å²) in [5.74, 6) is -0.0600. The van der Waals surface area contributed by atoms with Gasteiger partial charge in [-0.05, 0) is 55.0 Å². The first-order chi connectivity index (χ1) is 13.6. The minimum absolute atomic E-state index is 0.0977. The van der Waals surface area contributed by atoms with Crippen LogP contribution in [-0.2, 0) is 4.79 Å². The summed E-state index contributed by atoms with van der Waals surface area (Å²) in [5, 5.41) is 5.72. The van der Waals surface area contributed by atoms with Crippen LogP contribution < -0.4 is 9.75 Å². The summed E-state index contributed by atoms with van der Waals surface area (Å²) in [4.78, 5) is 12.8. The molecule has 0 unspecified atom stereocenters. The molecule has 1 amide bonds. The molecule has 0 saturated heterocycles. The largest absolute Gasteiger partial charge is 0.454 e. The molecule has 28 heavy (non-hydrogen) atoms. The van der Waals surface area contributed by atoms with Crippen LogP contribution in [0.25, 0.3) is 6.08 Å². The molecule has 138 valence electrons. The Bertz CT molecular complexity index is 1080. The van der Waals surface area contributed by atoms with E-state index in [1.165, 1.54) is 11.1 Å². The van der Waals surface area contributed by atoms with Crippen molar-refractivity contribution in [2.75, 3.05) is 5.01 Å². The smallest absolute Gasteiger partial charge is 0.280 e. The monoisotopic (exact) mass is 372 g/mol. The van der Waals surface area contributed by atoms with E-state index in [1.54, 1.807) is 37.3 Å². The van der Waals surface area contributed by atoms with Crippen LogP contribution in [0.2, 0.25) is 0 Å². The van der Waals surface area contributed by atoms with Crippen molar-refractivity contribution in [3.05, 3.63) is 95.8 Å². The number of hydrazone groups is 1. The lowest BCUT2D eigenvalue weighted by Gasteiger charge is -2.11. The molecule has 0 fully saturated rings. The normalized spacial score (nSPS) is 15.1. The number of amides is 1. The number of nitrogens with zero attached hydrogens (tertiary/aromatic N) is 2. The lowest BCUT2D eigenvalue weighted by atomic mass is 10.1. The van der Waals surface area contributed by atoms with Crippen LogP contribution in [0.1, 0.15) is 12.5 Å². The first-order valence-electron chi connectivity index (χ1n) is 8.81. The Morgan fingerprint density at radius 1 is 0.964 bits per heavy atom. The van der Waals surface area contributed by atoms with Crippen molar-refractivity contribution in [3.8, 4) is 11.5 Å². The van der Waals surface area contributed by atoms with E-state index in [0.717, 1.165) is 0 Å². The summed E-state index contributed by atoms with van der Waals surface area (Å²) in [6.07, 6.45) is 1.70. The van der Waals surface area contributed by atoms with Crippen LogP contribution in [0, 0.1) is 5.82 Å². The minimum Gasteiger partial charge on any atom is -0.454 e. The molecular weight excluding hydrogens is 355 g/mol. The number of carbonyl (C=O) groups excluding carboxylic acids is 1. The van der Waals surface area contributed by atoms with Crippen LogP contribution in [0.15, 0.2) is 89.5 Å². The van der Waals surface area contributed by atoms with E-state index in [1.807, 2.05) is 48.5 Å². The zero-order chi connectivity index (χ0) is 19.5. The highest BCUT2D eigenvalue weighted by Gasteiger charge is 2.28. The molecule has 1 aliphatic rings. The Kier molecular flexibility index (Phi) is 4.72. The quantitative estimate of drug-likeness (QED) is 0.574. The van der Waals surface area contributed by atoms with Gasteiger partial charge in [0.2, 0.25) is 0 Å². The fourth-order valence-corrected chi connectivity index (χ4v) is 2.90. The number of rotatable bonds is 4. The molecule has 5 heteroatoms. The van der Waals surface area contributed by atoms with Crippen molar-refractivity contribution in [3.63, 3.8) is 0 Å². The van der Waals surface area contributed by atoms with Crippen LogP contribution in [0.5, 0.6) is 11.5 Å². The van der Waals surface area contributed by atoms with Gasteiger partial charge in [-0.2, -0.15) is 10.1 Å². The molecule has 4 nitrogen and oxygen atoms in total. The highest BCUT2D eigenvalue weighted by atomic mass is 19.1. The molecule has 0 bridgehead atoms. The second-order valence-electron chi connectivity index (χ2n) is 6.30. The fourth-order valence-electron chi connectivity index (χ4n) is 2.90. The number of hydrogen-bond acceptors (Lipinski definition) is 3. The molecule has 4 rings (SSSR count). The molecule has 0 spiro atoms. The number of para-hydroxylation sites is 2. The number of benzene rings is 3. The van der Waals surface area contributed by atoms with Gasteiger partial charge >= 0.3 is 0 Å². The molecule has 0 atom stereocenters. The highest BCUT2D eigenvalue weighted by Crippen LogP contribution is 2.28. The van der Waals surface area contributed by atoms with Gasteiger partial charge < -0.3 is 4.74 Å². The second-order valence-corrected chi connectivity index (χ2v) is 6.30. The van der Waals surface area contributed by atoms with E-state index in [2.05, 4.69) is 5.10 Å². The molecule has 0 saturated carbocycles. The van der Waals surface area contributed by atoms with E-state index < -0.39 is 5.82 Å². The van der Waals surface area contributed by atoms with Gasteiger partial charge in [0.05, 0.1) is 17.0 Å². The maximum absolute atomic E-state index is 14.2. The summed E-state index contributed by atoms with van der Waals surface area (Å²) in [6.45, 7) is 1.78. The number of ether oxygens (including phenoxy) is 1. The second kappa shape index (κ2) is 7.48.